The minimum absolute atomic E-state index is 0.360. The summed E-state index contributed by atoms with van der Waals surface area (Å²) in [5.74, 6) is 0.360. The molecule has 0 spiro atoms. The number of nitrogens with zero attached hydrogens (tertiary/aromatic N) is 1. The molecule has 18 heavy (non-hydrogen) atoms. The van der Waals surface area contributed by atoms with Gasteiger partial charge < -0.3 is 4.90 Å². The SMILES string of the molecule is CN(CCCl)c1ccc(S(=O)(=O)C(F)(F)F)cc1. The first-order valence-corrected chi connectivity index (χ1v) is 6.90. The molecule has 0 amide bonds. The van der Waals surface area contributed by atoms with Crippen molar-refractivity contribution < 1.29 is 21.6 Å². The van der Waals surface area contributed by atoms with Crippen LogP contribution in [0, 0.1) is 0 Å². The third-order valence-corrected chi connectivity index (χ3v) is 3.98. The van der Waals surface area contributed by atoms with Gasteiger partial charge in [-0.25, -0.2) is 8.42 Å². The lowest BCUT2D eigenvalue weighted by Crippen LogP contribution is -2.23. The Hall–Kier alpha value is -0.950. The predicted molar refractivity (Wildman–Crippen MR) is 63.7 cm³/mol. The number of hydrogen-bond acceptors (Lipinski definition) is 3. The van der Waals surface area contributed by atoms with Crippen molar-refractivity contribution in [1.82, 2.24) is 0 Å². The van der Waals surface area contributed by atoms with E-state index >= 15 is 0 Å². The van der Waals surface area contributed by atoms with Crippen molar-refractivity contribution in [1.29, 1.82) is 0 Å². The van der Waals surface area contributed by atoms with Crippen LogP contribution in [0.5, 0.6) is 0 Å². The van der Waals surface area contributed by atoms with Gasteiger partial charge in [0, 0.05) is 25.2 Å². The summed E-state index contributed by atoms with van der Waals surface area (Å²) in [6, 6.07) is 4.49. The Kier molecular flexibility index (Phi) is 4.50. The third kappa shape index (κ3) is 3.08. The molecule has 0 saturated carbocycles. The van der Waals surface area contributed by atoms with E-state index in [1.807, 2.05) is 0 Å². The highest BCUT2D eigenvalue weighted by Crippen LogP contribution is 2.30. The summed E-state index contributed by atoms with van der Waals surface area (Å²) in [6.07, 6.45) is 0. The summed E-state index contributed by atoms with van der Waals surface area (Å²) in [7, 11) is -3.57. The normalized spacial score (nSPS) is 12.5. The Morgan fingerprint density at radius 1 is 1.22 bits per heavy atom. The molecular formula is C10H11ClF3NO2S. The van der Waals surface area contributed by atoms with Crippen molar-refractivity contribution >= 4 is 27.1 Å². The Labute approximate surface area is 108 Å². The monoisotopic (exact) mass is 301 g/mol. The van der Waals surface area contributed by atoms with Crippen LogP contribution in [0.25, 0.3) is 0 Å². The zero-order chi connectivity index (χ0) is 14.0. The first-order valence-electron chi connectivity index (χ1n) is 4.88. The summed E-state index contributed by atoms with van der Waals surface area (Å²) < 4.78 is 59.1. The molecule has 0 aliphatic rings. The van der Waals surface area contributed by atoms with E-state index < -0.39 is 20.2 Å². The number of hydrogen-bond donors (Lipinski definition) is 0. The largest absolute Gasteiger partial charge is 0.501 e. The first kappa shape index (κ1) is 15.1. The Bertz CT molecular complexity index is 499. The van der Waals surface area contributed by atoms with E-state index in [1.54, 1.807) is 11.9 Å². The van der Waals surface area contributed by atoms with E-state index in [-0.39, 0.29) is 0 Å². The minimum atomic E-state index is -5.28. The fraction of sp³-hybridized carbons (Fsp3) is 0.400. The van der Waals surface area contributed by atoms with Gasteiger partial charge in [-0.1, -0.05) is 0 Å². The van der Waals surface area contributed by atoms with Gasteiger partial charge in [-0.15, -0.1) is 11.6 Å². The van der Waals surface area contributed by atoms with Crippen LogP contribution in [0.1, 0.15) is 0 Å². The molecule has 0 aromatic heterocycles. The van der Waals surface area contributed by atoms with E-state index in [9.17, 15) is 21.6 Å². The molecule has 0 unspecified atom stereocenters. The van der Waals surface area contributed by atoms with Gasteiger partial charge in [0.25, 0.3) is 9.84 Å². The number of sulfone groups is 1. The maximum absolute atomic E-state index is 12.3. The molecule has 0 atom stereocenters. The highest BCUT2D eigenvalue weighted by Gasteiger charge is 2.46. The topological polar surface area (TPSA) is 37.4 Å². The van der Waals surface area contributed by atoms with E-state index in [4.69, 9.17) is 11.6 Å². The maximum atomic E-state index is 12.3. The Balaban J connectivity index is 3.04. The van der Waals surface area contributed by atoms with Crippen LogP contribution in [-0.2, 0) is 9.84 Å². The number of anilines is 1. The van der Waals surface area contributed by atoms with Crippen LogP contribution in [-0.4, -0.2) is 33.4 Å². The van der Waals surface area contributed by atoms with Crippen LogP contribution >= 0.6 is 11.6 Å². The highest BCUT2D eigenvalue weighted by molar-refractivity contribution is 7.92. The summed E-state index contributed by atoms with van der Waals surface area (Å²) in [4.78, 5) is 0.940. The molecule has 0 aliphatic carbocycles. The second kappa shape index (κ2) is 5.36. The molecule has 0 bridgehead atoms. The van der Waals surface area contributed by atoms with Gasteiger partial charge in [-0.2, -0.15) is 13.2 Å². The molecule has 0 radical (unpaired) electrons. The smallest absolute Gasteiger partial charge is 0.373 e. The van der Waals surface area contributed by atoms with Gasteiger partial charge in [0.05, 0.1) is 4.90 Å². The molecular weight excluding hydrogens is 291 g/mol. The fourth-order valence-electron chi connectivity index (χ4n) is 1.27. The summed E-state index contributed by atoms with van der Waals surface area (Å²) in [6.45, 7) is 0.507. The third-order valence-electron chi connectivity index (χ3n) is 2.31. The molecule has 0 saturated heterocycles. The van der Waals surface area contributed by atoms with E-state index in [0.717, 1.165) is 12.1 Å². The quantitative estimate of drug-likeness (QED) is 0.802. The van der Waals surface area contributed by atoms with Gasteiger partial charge in [0.2, 0.25) is 0 Å². The van der Waals surface area contributed by atoms with E-state index in [0.29, 0.717) is 18.1 Å². The second-order valence-corrected chi connectivity index (χ2v) is 5.87. The van der Waals surface area contributed by atoms with Crippen molar-refractivity contribution in [2.75, 3.05) is 24.4 Å². The summed E-state index contributed by atoms with van der Waals surface area (Å²) in [5, 5.41) is 0. The van der Waals surface area contributed by atoms with Crippen LogP contribution < -0.4 is 4.90 Å². The summed E-state index contributed by atoms with van der Waals surface area (Å²) in [5.41, 5.74) is -4.69. The molecule has 1 rings (SSSR count). The number of alkyl halides is 4. The van der Waals surface area contributed by atoms with Crippen molar-refractivity contribution in [2.45, 2.75) is 10.4 Å². The van der Waals surface area contributed by atoms with Crippen LogP contribution in [0.15, 0.2) is 29.2 Å². The molecule has 0 fully saturated rings. The van der Waals surface area contributed by atoms with Crippen molar-refractivity contribution in [3.05, 3.63) is 24.3 Å². The standard InChI is InChI=1S/C10H11ClF3NO2S/c1-15(7-6-11)8-2-4-9(5-3-8)18(16,17)10(12,13)14/h2-5H,6-7H2,1H3. The second-order valence-electron chi connectivity index (χ2n) is 3.55. The lowest BCUT2D eigenvalue weighted by Gasteiger charge is -2.18. The number of halogens is 4. The highest BCUT2D eigenvalue weighted by atomic mass is 35.5. The van der Waals surface area contributed by atoms with Gasteiger partial charge >= 0.3 is 5.51 Å². The van der Waals surface area contributed by atoms with Crippen molar-refractivity contribution in [3.63, 3.8) is 0 Å². The number of rotatable bonds is 4. The zero-order valence-electron chi connectivity index (χ0n) is 9.41. The van der Waals surface area contributed by atoms with Crippen LogP contribution in [0.4, 0.5) is 18.9 Å². The Morgan fingerprint density at radius 2 is 1.72 bits per heavy atom. The Morgan fingerprint density at radius 3 is 2.11 bits per heavy atom. The lowest BCUT2D eigenvalue weighted by molar-refractivity contribution is -0.0436. The number of benzene rings is 1. The van der Waals surface area contributed by atoms with E-state index in [2.05, 4.69) is 0 Å². The average molecular weight is 302 g/mol. The van der Waals surface area contributed by atoms with Crippen LogP contribution in [0.2, 0.25) is 0 Å². The zero-order valence-corrected chi connectivity index (χ0v) is 11.0. The predicted octanol–water partition coefficient (Wildman–Crippen LogP) is 2.66. The maximum Gasteiger partial charge on any atom is 0.501 e. The molecule has 102 valence electrons. The molecule has 0 aliphatic heterocycles. The first-order chi connectivity index (χ1) is 8.20. The van der Waals surface area contributed by atoms with Crippen LogP contribution in [0.3, 0.4) is 0 Å². The van der Waals surface area contributed by atoms with E-state index in [1.165, 1.54) is 12.1 Å². The average Bonchev–Trinajstić information content (AvgIpc) is 2.28. The molecule has 1 aromatic rings. The fourth-order valence-corrected chi connectivity index (χ4v) is 2.28. The van der Waals surface area contributed by atoms with Gasteiger partial charge in [-0.05, 0) is 24.3 Å². The van der Waals surface area contributed by atoms with Gasteiger partial charge in [-0.3, -0.25) is 0 Å². The molecule has 3 nitrogen and oxygen atoms in total. The lowest BCUT2D eigenvalue weighted by atomic mass is 10.3. The van der Waals surface area contributed by atoms with Gasteiger partial charge in [0.1, 0.15) is 0 Å². The van der Waals surface area contributed by atoms with Crippen molar-refractivity contribution in [3.8, 4) is 0 Å². The molecule has 0 heterocycles. The molecule has 1 aromatic carbocycles. The van der Waals surface area contributed by atoms with Gasteiger partial charge in [0.15, 0.2) is 0 Å². The molecule has 0 N–H and O–H groups in total. The molecule has 8 heteroatoms. The summed E-state index contributed by atoms with van der Waals surface area (Å²) >= 11 is 5.52. The van der Waals surface area contributed by atoms with Crippen molar-refractivity contribution in [2.24, 2.45) is 0 Å². The minimum Gasteiger partial charge on any atom is -0.373 e.